The molecule has 1 N–H and O–H groups in total. The monoisotopic (exact) mass is 378 g/mol. The normalized spacial score (nSPS) is 10.9. The van der Waals surface area contributed by atoms with Crippen molar-refractivity contribution in [2.45, 2.75) is 6.54 Å². The van der Waals surface area contributed by atoms with Gasteiger partial charge in [-0.2, -0.15) is 0 Å². The van der Waals surface area contributed by atoms with Crippen LogP contribution in [0, 0.1) is 0 Å². The van der Waals surface area contributed by atoms with Gasteiger partial charge < -0.3 is 14.4 Å². The first-order chi connectivity index (χ1) is 12.2. The van der Waals surface area contributed by atoms with Crippen LogP contribution in [0.25, 0.3) is 0 Å². The maximum atomic E-state index is 12.6. The fourth-order valence-electron chi connectivity index (χ4n) is 2.47. The zero-order valence-electron chi connectivity index (χ0n) is 15.1. The lowest BCUT2D eigenvalue weighted by Gasteiger charge is -2.19. The molecule has 0 saturated heterocycles. The van der Waals surface area contributed by atoms with Crippen molar-refractivity contribution in [1.29, 1.82) is 0 Å². The average molecular weight is 378 g/mol. The first kappa shape index (κ1) is 19.6. The molecule has 0 aliphatic rings. The first-order valence-electron chi connectivity index (χ1n) is 7.77. The smallest absolute Gasteiger partial charge is 0.253 e. The van der Waals surface area contributed by atoms with Gasteiger partial charge in [0, 0.05) is 24.8 Å². The minimum absolute atomic E-state index is 0.225. The molecule has 7 nitrogen and oxygen atoms in total. The molecule has 0 unspecified atom stereocenters. The summed E-state index contributed by atoms with van der Waals surface area (Å²) < 4.78 is 35.5. The molecule has 140 valence electrons. The number of hydrogen-bond acceptors (Lipinski definition) is 5. The fourth-order valence-corrected chi connectivity index (χ4v) is 3.03. The Balaban J connectivity index is 2.16. The van der Waals surface area contributed by atoms with Gasteiger partial charge in [0.15, 0.2) is 11.5 Å². The van der Waals surface area contributed by atoms with Gasteiger partial charge in [0.05, 0.1) is 20.5 Å². The third kappa shape index (κ3) is 5.13. The molecular formula is C18H22N2O5S. The molecule has 26 heavy (non-hydrogen) atoms. The number of nitrogens with zero attached hydrogens (tertiary/aromatic N) is 1. The summed E-state index contributed by atoms with van der Waals surface area (Å²) >= 11 is 0. The Hall–Kier alpha value is -2.74. The zero-order chi connectivity index (χ0) is 19.3. The van der Waals surface area contributed by atoms with Gasteiger partial charge in [-0.25, -0.2) is 8.42 Å². The van der Waals surface area contributed by atoms with Gasteiger partial charge in [-0.1, -0.05) is 12.1 Å². The summed E-state index contributed by atoms with van der Waals surface area (Å²) in [5.74, 6) is 0.979. The van der Waals surface area contributed by atoms with Crippen LogP contribution in [-0.4, -0.2) is 46.7 Å². The Kier molecular flexibility index (Phi) is 6.10. The largest absolute Gasteiger partial charge is 0.493 e. The topological polar surface area (TPSA) is 84.9 Å². The lowest BCUT2D eigenvalue weighted by Crippen LogP contribution is -2.26. The quantitative estimate of drug-likeness (QED) is 0.799. The predicted octanol–water partition coefficient (Wildman–Crippen LogP) is 2.35. The number of nitrogens with one attached hydrogen (secondary N) is 1. The molecule has 1 amide bonds. The Morgan fingerprint density at radius 3 is 2.38 bits per heavy atom. The molecule has 0 fully saturated rings. The van der Waals surface area contributed by atoms with Gasteiger partial charge in [-0.15, -0.1) is 0 Å². The predicted molar refractivity (Wildman–Crippen MR) is 100 cm³/mol. The van der Waals surface area contributed by atoms with Crippen molar-refractivity contribution in [3.8, 4) is 11.5 Å². The summed E-state index contributed by atoms with van der Waals surface area (Å²) in [4.78, 5) is 14.2. The molecule has 2 rings (SSSR count). The zero-order valence-corrected chi connectivity index (χ0v) is 16.0. The second-order valence-corrected chi connectivity index (χ2v) is 7.55. The van der Waals surface area contributed by atoms with Crippen molar-refractivity contribution >= 4 is 21.6 Å². The lowest BCUT2D eigenvalue weighted by atomic mass is 10.1. The van der Waals surface area contributed by atoms with Crippen LogP contribution in [0.15, 0.2) is 42.5 Å². The second-order valence-electron chi connectivity index (χ2n) is 5.81. The van der Waals surface area contributed by atoms with Crippen LogP contribution in [-0.2, 0) is 16.6 Å². The minimum atomic E-state index is -3.40. The number of benzene rings is 2. The van der Waals surface area contributed by atoms with Gasteiger partial charge in [-0.3, -0.25) is 9.52 Å². The van der Waals surface area contributed by atoms with Crippen LogP contribution in [0.5, 0.6) is 11.5 Å². The van der Waals surface area contributed by atoms with Gasteiger partial charge >= 0.3 is 0 Å². The molecule has 2 aromatic rings. The number of carbonyl (C=O) groups is 1. The maximum Gasteiger partial charge on any atom is 0.253 e. The van der Waals surface area contributed by atoms with E-state index >= 15 is 0 Å². The number of hydrogen-bond donors (Lipinski definition) is 1. The average Bonchev–Trinajstić information content (AvgIpc) is 2.59. The fraction of sp³-hybridized carbons (Fsp3) is 0.278. The van der Waals surface area contributed by atoms with Crippen LogP contribution >= 0.6 is 0 Å². The van der Waals surface area contributed by atoms with Crippen molar-refractivity contribution in [3.63, 3.8) is 0 Å². The molecule has 0 spiro atoms. The lowest BCUT2D eigenvalue weighted by molar-refractivity contribution is 0.0785. The summed E-state index contributed by atoms with van der Waals surface area (Å²) in [6.45, 7) is 0.364. The van der Waals surface area contributed by atoms with Crippen molar-refractivity contribution in [2.75, 3.05) is 32.2 Å². The Bertz CT molecular complexity index is 896. The maximum absolute atomic E-state index is 12.6. The highest BCUT2D eigenvalue weighted by Gasteiger charge is 2.14. The van der Waals surface area contributed by atoms with E-state index in [0.717, 1.165) is 11.8 Å². The summed E-state index contributed by atoms with van der Waals surface area (Å²) in [6, 6.07) is 11.8. The van der Waals surface area contributed by atoms with Crippen molar-refractivity contribution < 1.29 is 22.7 Å². The standard InChI is InChI=1S/C18H22N2O5S/c1-20(12-13-8-9-16(24-2)17(10-13)25-3)18(21)14-6-5-7-15(11-14)19-26(4,22)23/h5-11,19H,12H2,1-4H3. The highest BCUT2D eigenvalue weighted by atomic mass is 32.2. The van der Waals surface area contributed by atoms with E-state index in [9.17, 15) is 13.2 Å². The molecule has 0 radical (unpaired) electrons. The van der Waals surface area contributed by atoms with Crippen molar-refractivity contribution in [3.05, 3.63) is 53.6 Å². The Labute approximate surface area is 153 Å². The van der Waals surface area contributed by atoms with Crippen LogP contribution in [0.2, 0.25) is 0 Å². The third-order valence-electron chi connectivity index (χ3n) is 3.63. The van der Waals surface area contributed by atoms with Crippen LogP contribution in [0.3, 0.4) is 0 Å². The van der Waals surface area contributed by atoms with Crippen LogP contribution in [0.1, 0.15) is 15.9 Å². The summed E-state index contributed by atoms with van der Waals surface area (Å²) in [7, 11) is 1.39. The van der Waals surface area contributed by atoms with E-state index in [2.05, 4.69) is 4.72 Å². The minimum Gasteiger partial charge on any atom is -0.493 e. The Morgan fingerprint density at radius 1 is 1.08 bits per heavy atom. The summed E-state index contributed by atoms with van der Waals surface area (Å²) in [6.07, 6.45) is 1.06. The molecule has 2 aromatic carbocycles. The van der Waals surface area contributed by atoms with Gasteiger partial charge in [0.1, 0.15) is 0 Å². The van der Waals surface area contributed by atoms with Crippen molar-refractivity contribution in [1.82, 2.24) is 4.90 Å². The van der Waals surface area contributed by atoms with E-state index in [0.29, 0.717) is 29.3 Å². The molecule has 0 bridgehead atoms. The first-order valence-corrected chi connectivity index (χ1v) is 9.67. The van der Waals surface area contributed by atoms with E-state index in [1.54, 1.807) is 50.4 Å². The summed E-state index contributed by atoms with van der Waals surface area (Å²) in [5, 5.41) is 0. The molecule has 0 heterocycles. The SMILES string of the molecule is COc1ccc(CN(C)C(=O)c2cccc(NS(C)(=O)=O)c2)cc1OC. The third-order valence-corrected chi connectivity index (χ3v) is 4.23. The molecule has 0 atom stereocenters. The number of methoxy groups -OCH3 is 2. The van der Waals surface area contributed by atoms with E-state index in [1.807, 2.05) is 12.1 Å². The van der Waals surface area contributed by atoms with Crippen LogP contribution < -0.4 is 14.2 Å². The highest BCUT2D eigenvalue weighted by molar-refractivity contribution is 7.92. The second kappa shape index (κ2) is 8.09. The number of carbonyl (C=O) groups excluding carboxylic acids is 1. The highest BCUT2D eigenvalue weighted by Crippen LogP contribution is 2.28. The molecule has 0 saturated carbocycles. The number of amides is 1. The van der Waals surface area contributed by atoms with Gasteiger partial charge in [0.25, 0.3) is 5.91 Å². The molecule has 8 heteroatoms. The summed E-state index contributed by atoms with van der Waals surface area (Å²) in [5.41, 5.74) is 1.61. The van der Waals surface area contributed by atoms with Gasteiger partial charge in [0.2, 0.25) is 10.0 Å². The number of anilines is 1. The van der Waals surface area contributed by atoms with E-state index in [-0.39, 0.29) is 5.91 Å². The molecule has 0 aromatic heterocycles. The van der Waals surface area contributed by atoms with E-state index in [4.69, 9.17) is 9.47 Å². The molecule has 0 aliphatic heterocycles. The number of ether oxygens (including phenoxy) is 2. The molecule has 0 aliphatic carbocycles. The van der Waals surface area contributed by atoms with E-state index in [1.165, 1.54) is 6.07 Å². The van der Waals surface area contributed by atoms with E-state index < -0.39 is 10.0 Å². The number of sulfonamides is 1. The molecular weight excluding hydrogens is 356 g/mol. The van der Waals surface area contributed by atoms with Crippen LogP contribution in [0.4, 0.5) is 5.69 Å². The number of rotatable bonds is 7. The van der Waals surface area contributed by atoms with Gasteiger partial charge in [-0.05, 0) is 35.9 Å². The van der Waals surface area contributed by atoms with Crippen molar-refractivity contribution in [2.24, 2.45) is 0 Å². The Morgan fingerprint density at radius 2 is 1.77 bits per heavy atom.